The molecule has 0 aliphatic carbocycles. The van der Waals surface area contributed by atoms with Crippen LogP contribution in [0.1, 0.15) is 31.9 Å². The van der Waals surface area contributed by atoms with Crippen LogP contribution in [0.3, 0.4) is 0 Å². The van der Waals surface area contributed by atoms with Crippen LogP contribution < -0.4 is 5.73 Å². The zero-order chi connectivity index (χ0) is 11.6. The molecule has 16 heavy (non-hydrogen) atoms. The van der Waals surface area contributed by atoms with E-state index in [2.05, 4.69) is 0 Å². The quantitative estimate of drug-likeness (QED) is 0.878. The summed E-state index contributed by atoms with van der Waals surface area (Å²) in [6.07, 6.45) is 0.718. The van der Waals surface area contributed by atoms with Crippen molar-refractivity contribution in [3.63, 3.8) is 0 Å². The Morgan fingerprint density at radius 3 is 2.50 bits per heavy atom. The van der Waals surface area contributed by atoms with Crippen molar-refractivity contribution in [3.05, 3.63) is 28.5 Å². The first-order chi connectivity index (χ1) is 6.93. The summed E-state index contributed by atoms with van der Waals surface area (Å²) in [7, 11) is 0. The molecule has 0 fully saturated rings. The van der Waals surface area contributed by atoms with Gasteiger partial charge < -0.3 is 10.8 Å². The summed E-state index contributed by atoms with van der Waals surface area (Å²) in [5, 5.41) is 9.35. The lowest BCUT2D eigenvalue weighted by molar-refractivity contribution is 0.441. The molecule has 92 valence electrons. The van der Waals surface area contributed by atoms with Crippen LogP contribution in [0, 0.1) is 11.7 Å². The maximum Gasteiger partial charge on any atom is 0.145 e. The fraction of sp³-hybridized carbons (Fsp3) is 0.455. The number of halogens is 3. The highest BCUT2D eigenvalue weighted by molar-refractivity contribution is 6.32. The van der Waals surface area contributed by atoms with Crippen LogP contribution in [0.25, 0.3) is 0 Å². The molecule has 0 saturated carbocycles. The molecule has 0 amide bonds. The minimum absolute atomic E-state index is 0. The lowest BCUT2D eigenvalue weighted by Crippen LogP contribution is -2.13. The van der Waals surface area contributed by atoms with E-state index in [0.29, 0.717) is 11.5 Å². The molecular formula is C11H16Cl2FNO. The normalized spacial score (nSPS) is 12.4. The van der Waals surface area contributed by atoms with Crippen molar-refractivity contribution in [3.8, 4) is 5.75 Å². The van der Waals surface area contributed by atoms with Gasteiger partial charge in [-0.3, -0.25) is 0 Å². The molecule has 0 unspecified atom stereocenters. The van der Waals surface area contributed by atoms with Crippen molar-refractivity contribution >= 4 is 24.0 Å². The van der Waals surface area contributed by atoms with Gasteiger partial charge >= 0.3 is 0 Å². The Kier molecular flexibility index (Phi) is 6.08. The Balaban J connectivity index is 0.00000225. The minimum Gasteiger partial charge on any atom is -0.506 e. The molecule has 2 nitrogen and oxygen atoms in total. The highest BCUT2D eigenvalue weighted by Gasteiger charge is 2.16. The summed E-state index contributed by atoms with van der Waals surface area (Å²) in [6.45, 7) is 4.06. The second-order valence-corrected chi connectivity index (χ2v) is 4.41. The molecule has 1 rings (SSSR count). The van der Waals surface area contributed by atoms with Crippen LogP contribution in [-0.2, 0) is 0 Å². The van der Waals surface area contributed by atoms with Crippen molar-refractivity contribution in [1.82, 2.24) is 0 Å². The first kappa shape index (κ1) is 15.5. The number of hydrogen-bond donors (Lipinski definition) is 2. The fourth-order valence-electron chi connectivity index (χ4n) is 1.49. The third kappa shape index (κ3) is 3.51. The molecule has 0 aliphatic heterocycles. The monoisotopic (exact) mass is 267 g/mol. The van der Waals surface area contributed by atoms with Crippen LogP contribution in [0.4, 0.5) is 4.39 Å². The average molecular weight is 268 g/mol. The first-order valence-electron chi connectivity index (χ1n) is 4.86. The van der Waals surface area contributed by atoms with E-state index in [0.717, 1.165) is 6.42 Å². The molecule has 5 heteroatoms. The third-order valence-electron chi connectivity index (χ3n) is 2.23. The van der Waals surface area contributed by atoms with Crippen molar-refractivity contribution in [1.29, 1.82) is 0 Å². The van der Waals surface area contributed by atoms with Crippen molar-refractivity contribution in [2.45, 2.75) is 26.3 Å². The molecule has 0 spiro atoms. The van der Waals surface area contributed by atoms with E-state index in [4.69, 9.17) is 17.3 Å². The molecule has 3 N–H and O–H groups in total. The summed E-state index contributed by atoms with van der Waals surface area (Å²) in [4.78, 5) is 0. The number of aromatic hydroxyl groups is 1. The molecule has 0 saturated heterocycles. The van der Waals surface area contributed by atoms with Crippen LogP contribution >= 0.6 is 24.0 Å². The van der Waals surface area contributed by atoms with Gasteiger partial charge in [0.05, 0.1) is 0 Å². The lowest BCUT2D eigenvalue weighted by Gasteiger charge is -2.16. The topological polar surface area (TPSA) is 46.2 Å². The second kappa shape index (κ2) is 6.28. The van der Waals surface area contributed by atoms with Crippen LogP contribution in [0.15, 0.2) is 12.1 Å². The summed E-state index contributed by atoms with van der Waals surface area (Å²) in [5.41, 5.74) is 6.37. The zero-order valence-electron chi connectivity index (χ0n) is 9.21. The van der Waals surface area contributed by atoms with Gasteiger partial charge in [-0.25, -0.2) is 4.39 Å². The predicted molar refractivity (Wildman–Crippen MR) is 66.7 cm³/mol. The van der Waals surface area contributed by atoms with E-state index in [1.54, 1.807) is 0 Å². The minimum atomic E-state index is -0.630. The molecule has 0 aromatic heterocycles. The highest BCUT2D eigenvalue weighted by atomic mass is 35.5. The Hall–Kier alpha value is -0.510. The Bertz CT molecular complexity index is 358. The van der Waals surface area contributed by atoms with Gasteiger partial charge in [-0.15, -0.1) is 12.4 Å². The average Bonchev–Trinajstić information content (AvgIpc) is 2.13. The number of hydrogen-bond acceptors (Lipinski definition) is 2. The maximum absolute atomic E-state index is 13.0. The van der Waals surface area contributed by atoms with Crippen molar-refractivity contribution in [2.24, 2.45) is 11.7 Å². The van der Waals surface area contributed by atoms with E-state index < -0.39 is 5.82 Å². The highest BCUT2D eigenvalue weighted by Crippen LogP contribution is 2.34. The molecular weight excluding hydrogens is 252 g/mol. The van der Waals surface area contributed by atoms with Crippen LogP contribution in [-0.4, -0.2) is 5.11 Å². The van der Waals surface area contributed by atoms with Gasteiger partial charge in [0.15, 0.2) is 0 Å². The van der Waals surface area contributed by atoms with Crippen LogP contribution in [0.5, 0.6) is 5.75 Å². The lowest BCUT2D eigenvalue weighted by atomic mass is 9.97. The summed E-state index contributed by atoms with van der Waals surface area (Å²) in [5.74, 6) is -0.470. The maximum atomic E-state index is 13.0. The Morgan fingerprint density at radius 2 is 2.00 bits per heavy atom. The summed E-state index contributed by atoms with van der Waals surface area (Å²) < 4.78 is 13.0. The van der Waals surface area contributed by atoms with E-state index in [9.17, 15) is 9.50 Å². The predicted octanol–water partition coefficient (Wildman–Crippen LogP) is 3.65. The van der Waals surface area contributed by atoms with Gasteiger partial charge in [-0.05, 0) is 18.4 Å². The third-order valence-corrected chi connectivity index (χ3v) is 2.58. The van der Waals surface area contributed by atoms with Gasteiger partial charge in [0.1, 0.15) is 16.6 Å². The number of phenolic OH excluding ortho intramolecular Hbond substituents is 1. The van der Waals surface area contributed by atoms with E-state index in [1.807, 2.05) is 13.8 Å². The van der Waals surface area contributed by atoms with Gasteiger partial charge in [0.25, 0.3) is 0 Å². The number of nitrogens with two attached hydrogens (primary N) is 1. The molecule has 0 bridgehead atoms. The van der Waals surface area contributed by atoms with Crippen molar-refractivity contribution in [2.75, 3.05) is 0 Å². The van der Waals surface area contributed by atoms with Gasteiger partial charge in [-0.2, -0.15) is 0 Å². The number of benzene rings is 1. The van der Waals surface area contributed by atoms with Crippen LogP contribution in [0.2, 0.25) is 5.02 Å². The molecule has 0 heterocycles. The Labute approximate surface area is 106 Å². The smallest absolute Gasteiger partial charge is 0.145 e. The number of rotatable bonds is 3. The molecule has 1 aromatic carbocycles. The first-order valence-corrected chi connectivity index (χ1v) is 5.23. The second-order valence-electron chi connectivity index (χ2n) is 4.04. The zero-order valence-corrected chi connectivity index (χ0v) is 10.8. The largest absolute Gasteiger partial charge is 0.506 e. The Morgan fingerprint density at radius 1 is 1.44 bits per heavy atom. The fourth-order valence-corrected chi connectivity index (χ4v) is 1.66. The molecule has 1 aromatic rings. The molecule has 0 radical (unpaired) electrons. The van der Waals surface area contributed by atoms with E-state index in [-0.39, 0.29) is 29.2 Å². The summed E-state index contributed by atoms with van der Waals surface area (Å²) in [6, 6.07) is 2.38. The van der Waals surface area contributed by atoms with Gasteiger partial charge in [0.2, 0.25) is 0 Å². The SMILES string of the molecule is CC(C)C[C@@H](N)c1ccc(F)c(Cl)c1O.Cl. The van der Waals surface area contributed by atoms with Gasteiger partial charge in [-0.1, -0.05) is 31.5 Å². The number of phenols is 1. The standard InChI is InChI=1S/C11H15ClFNO.ClH/c1-6(2)5-9(14)7-3-4-8(13)10(12)11(7)15;/h3-4,6,9,15H,5,14H2,1-2H3;1H/t9-;/m1./s1. The summed E-state index contributed by atoms with van der Waals surface area (Å²) >= 11 is 5.58. The molecule has 0 aliphatic rings. The van der Waals surface area contributed by atoms with E-state index in [1.165, 1.54) is 12.1 Å². The van der Waals surface area contributed by atoms with Gasteiger partial charge in [0, 0.05) is 11.6 Å². The molecule has 1 atom stereocenters. The van der Waals surface area contributed by atoms with E-state index >= 15 is 0 Å². The van der Waals surface area contributed by atoms with Crippen molar-refractivity contribution < 1.29 is 9.50 Å².